The molecular weight excluding hydrogens is 194 g/mol. The van der Waals surface area contributed by atoms with E-state index in [2.05, 4.69) is 4.98 Å². The van der Waals surface area contributed by atoms with Gasteiger partial charge in [-0.25, -0.2) is 0 Å². The molecule has 1 aromatic rings. The molecule has 15 heavy (non-hydrogen) atoms. The summed E-state index contributed by atoms with van der Waals surface area (Å²) in [7, 11) is 1.42. The summed E-state index contributed by atoms with van der Waals surface area (Å²) < 4.78 is 4.97. The molecule has 1 N–H and O–H groups in total. The molecule has 0 bridgehead atoms. The normalized spacial score (nSPS) is 11.2. The minimum absolute atomic E-state index is 0.0596. The Hall–Kier alpha value is -1.58. The van der Waals surface area contributed by atoms with Gasteiger partial charge in [0.2, 0.25) is 5.88 Å². The van der Waals surface area contributed by atoms with Crippen LogP contribution in [0.4, 0.5) is 0 Å². The standard InChI is InChI=1S/C11H15NO3/c1-11(2,3)9(14)7-5-6-8(13)12-10(7)15-4/h5-6H,1-4H3,(H,12,13). The average molecular weight is 209 g/mol. The molecule has 0 aliphatic carbocycles. The number of hydrogen-bond acceptors (Lipinski definition) is 3. The van der Waals surface area contributed by atoms with E-state index >= 15 is 0 Å². The smallest absolute Gasteiger partial charge is 0.250 e. The fourth-order valence-corrected chi connectivity index (χ4v) is 1.20. The molecule has 1 heterocycles. The van der Waals surface area contributed by atoms with Crippen molar-refractivity contribution in [3.8, 4) is 5.88 Å². The minimum atomic E-state index is -0.495. The number of ketones is 1. The molecule has 0 saturated heterocycles. The van der Waals surface area contributed by atoms with E-state index in [0.717, 1.165) is 0 Å². The van der Waals surface area contributed by atoms with Crippen LogP contribution in [0.25, 0.3) is 0 Å². The number of ether oxygens (including phenoxy) is 1. The van der Waals surface area contributed by atoms with Gasteiger partial charge in [-0.2, -0.15) is 0 Å². The number of carbonyl (C=O) groups excluding carboxylic acids is 1. The number of nitrogens with one attached hydrogen (secondary N) is 1. The molecule has 0 unspecified atom stereocenters. The first-order valence-corrected chi connectivity index (χ1v) is 4.68. The molecule has 0 aliphatic rings. The van der Waals surface area contributed by atoms with Gasteiger partial charge in [-0.05, 0) is 6.07 Å². The lowest BCUT2D eigenvalue weighted by molar-refractivity contribution is 0.0854. The van der Waals surface area contributed by atoms with Crippen LogP contribution in [0.5, 0.6) is 5.88 Å². The van der Waals surface area contributed by atoms with E-state index in [-0.39, 0.29) is 17.2 Å². The SMILES string of the molecule is COc1[nH]c(=O)ccc1C(=O)C(C)(C)C. The van der Waals surface area contributed by atoms with Gasteiger partial charge in [-0.1, -0.05) is 20.8 Å². The summed E-state index contributed by atoms with van der Waals surface area (Å²) in [6, 6.07) is 2.81. The highest BCUT2D eigenvalue weighted by atomic mass is 16.5. The fourth-order valence-electron chi connectivity index (χ4n) is 1.20. The van der Waals surface area contributed by atoms with Crippen LogP contribution in [0.3, 0.4) is 0 Å². The van der Waals surface area contributed by atoms with Crippen LogP contribution in [0.15, 0.2) is 16.9 Å². The van der Waals surface area contributed by atoms with Crippen molar-refractivity contribution in [2.75, 3.05) is 7.11 Å². The van der Waals surface area contributed by atoms with Crippen LogP contribution in [-0.4, -0.2) is 17.9 Å². The number of aromatic nitrogens is 1. The van der Waals surface area contributed by atoms with Crippen molar-refractivity contribution in [2.45, 2.75) is 20.8 Å². The molecule has 4 heteroatoms. The Bertz CT molecular complexity index is 426. The molecule has 0 spiro atoms. The molecule has 0 aromatic carbocycles. The van der Waals surface area contributed by atoms with Crippen molar-refractivity contribution in [2.24, 2.45) is 5.41 Å². The van der Waals surface area contributed by atoms with Gasteiger partial charge in [-0.15, -0.1) is 0 Å². The van der Waals surface area contributed by atoms with Crippen LogP contribution in [-0.2, 0) is 0 Å². The zero-order chi connectivity index (χ0) is 11.6. The van der Waals surface area contributed by atoms with Crippen molar-refractivity contribution in [1.82, 2.24) is 4.98 Å². The Kier molecular flexibility index (Phi) is 2.98. The Morgan fingerprint density at radius 2 is 1.93 bits per heavy atom. The first-order valence-electron chi connectivity index (χ1n) is 4.68. The lowest BCUT2D eigenvalue weighted by atomic mass is 9.87. The van der Waals surface area contributed by atoms with Crippen molar-refractivity contribution in [1.29, 1.82) is 0 Å². The first-order chi connectivity index (χ1) is 6.86. The maximum absolute atomic E-state index is 12.0. The molecule has 0 aliphatic heterocycles. The third kappa shape index (κ3) is 2.46. The van der Waals surface area contributed by atoms with E-state index in [9.17, 15) is 9.59 Å². The molecule has 0 saturated carbocycles. The topological polar surface area (TPSA) is 59.2 Å². The number of carbonyl (C=O) groups is 1. The molecule has 4 nitrogen and oxygen atoms in total. The third-order valence-corrected chi connectivity index (χ3v) is 2.01. The highest BCUT2D eigenvalue weighted by Gasteiger charge is 2.25. The summed E-state index contributed by atoms with van der Waals surface area (Å²) in [5, 5.41) is 0. The second-order valence-corrected chi connectivity index (χ2v) is 4.35. The van der Waals surface area contributed by atoms with E-state index in [1.54, 1.807) is 0 Å². The average Bonchev–Trinajstić information content (AvgIpc) is 2.15. The Balaban J connectivity index is 3.26. The predicted octanol–water partition coefficient (Wildman–Crippen LogP) is 1.61. The van der Waals surface area contributed by atoms with E-state index in [1.165, 1.54) is 19.2 Å². The van der Waals surface area contributed by atoms with Crippen molar-refractivity contribution in [3.05, 3.63) is 28.0 Å². The summed E-state index contributed by atoms with van der Waals surface area (Å²) in [5.41, 5.74) is -0.368. The molecule has 0 fully saturated rings. The number of pyridine rings is 1. The maximum Gasteiger partial charge on any atom is 0.250 e. The number of methoxy groups -OCH3 is 1. The van der Waals surface area contributed by atoms with Crippen LogP contribution in [0.1, 0.15) is 31.1 Å². The molecule has 0 amide bonds. The molecule has 0 radical (unpaired) electrons. The quantitative estimate of drug-likeness (QED) is 0.753. The summed E-state index contributed by atoms with van der Waals surface area (Å²) in [4.78, 5) is 25.5. The van der Waals surface area contributed by atoms with Gasteiger partial charge in [0, 0.05) is 11.5 Å². The molecule has 1 aromatic heterocycles. The van der Waals surface area contributed by atoms with Crippen LogP contribution < -0.4 is 10.3 Å². The lowest BCUT2D eigenvalue weighted by Crippen LogP contribution is -2.22. The third-order valence-electron chi connectivity index (χ3n) is 2.01. The number of aromatic amines is 1. The van der Waals surface area contributed by atoms with Gasteiger partial charge in [-0.3, -0.25) is 14.6 Å². The van der Waals surface area contributed by atoms with Gasteiger partial charge in [0.15, 0.2) is 5.78 Å². The molecule has 82 valence electrons. The van der Waals surface area contributed by atoms with E-state index in [0.29, 0.717) is 5.56 Å². The van der Waals surface area contributed by atoms with Gasteiger partial charge in [0.05, 0.1) is 12.7 Å². The number of Topliss-reactive ketones (excluding diaryl/α,β-unsaturated/α-hetero) is 1. The van der Waals surface area contributed by atoms with Gasteiger partial charge < -0.3 is 4.74 Å². The van der Waals surface area contributed by atoms with Gasteiger partial charge in [0.1, 0.15) is 0 Å². The van der Waals surface area contributed by atoms with Crippen molar-refractivity contribution < 1.29 is 9.53 Å². The zero-order valence-corrected chi connectivity index (χ0v) is 9.38. The Morgan fingerprint density at radius 1 is 1.33 bits per heavy atom. The summed E-state index contributed by atoms with van der Waals surface area (Å²) >= 11 is 0. The Morgan fingerprint density at radius 3 is 2.40 bits per heavy atom. The first kappa shape index (κ1) is 11.5. The highest BCUT2D eigenvalue weighted by Crippen LogP contribution is 2.24. The number of hydrogen-bond donors (Lipinski definition) is 1. The van der Waals surface area contributed by atoms with Gasteiger partial charge >= 0.3 is 0 Å². The summed E-state index contributed by atoms with van der Waals surface area (Å²) in [6.45, 7) is 5.46. The number of rotatable bonds is 2. The van der Waals surface area contributed by atoms with Gasteiger partial charge in [0.25, 0.3) is 5.56 Å². The maximum atomic E-state index is 12.0. The summed E-state index contributed by atoms with van der Waals surface area (Å²) in [5.74, 6) is 0.165. The number of H-pyrrole nitrogens is 1. The van der Waals surface area contributed by atoms with Crippen LogP contribution in [0.2, 0.25) is 0 Å². The molecule has 0 atom stereocenters. The van der Waals surface area contributed by atoms with Crippen LogP contribution >= 0.6 is 0 Å². The highest BCUT2D eigenvalue weighted by molar-refractivity contribution is 6.01. The monoisotopic (exact) mass is 209 g/mol. The zero-order valence-electron chi connectivity index (χ0n) is 9.38. The molecule has 1 rings (SSSR count). The minimum Gasteiger partial charge on any atom is -0.482 e. The fraction of sp³-hybridized carbons (Fsp3) is 0.455. The predicted molar refractivity (Wildman–Crippen MR) is 57.4 cm³/mol. The summed E-state index contributed by atoms with van der Waals surface area (Å²) in [6.07, 6.45) is 0. The largest absolute Gasteiger partial charge is 0.482 e. The second-order valence-electron chi connectivity index (χ2n) is 4.35. The van der Waals surface area contributed by atoms with Crippen molar-refractivity contribution in [3.63, 3.8) is 0 Å². The van der Waals surface area contributed by atoms with Crippen LogP contribution in [0, 0.1) is 5.41 Å². The van der Waals surface area contributed by atoms with E-state index in [1.807, 2.05) is 20.8 Å². The van der Waals surface area contributed by atoms with E-state index in [4.69, 9.17) is 4.74 Å². The second kappa shape index (κ2) is 3.88. The molecular formula is C11H15NO3. The van der Waals surface area contributed by atoms with E-state index < -0.39 is 5.41 Å². The Labute approximate surface area is 88.3 Å². The van der Waals surface area contributed by atoms with Crippen molar-refractivity contribution >= 4 is 5.78 Å². The lowest BCUT2D eigenvalue weighted by Gasteiger charge is -2.17.